The standard InChI is InChI=1S/C18H15P.2C11H6F2N.CN.Ir/c1-4-10-16(11-5-1)19(17-12-6-2-7-13-17)18-14-8-3-9-15-18;2*12-8-4-5-9(10(13)7-8)11-3-1-2-6-14-11;1-2;/h1-15H;2*1-4,6-7H;;/q;3*-1;+3/p+1. The largest absolute Gasteiger partial charge is 3.00 e. The van der Waals surface area contributed by atoms with Gasteiger partial charge in [0.25, 0.3) is 0 Å². The summed E-state index contributed by atoms with van der Waals surface area (Å²) in [5.74, 6) is -2.57. The Morgan fingerprint density at radius 2 is 0.800 bits per heavy atom. The zero-order valence-electron chi connectivity index (χ0n) is 26.3. The molecular formula is C41H28F4IrN3P+. The van der Waals surface area contributed by atoms with Crippen LogP contribution in [0.1, 0.15) is 0 Å². The van der Waals surface area contributed by atoms with Gasteiger partial charge in [-0.3, -0.25) is 17.6 Å². The van der Waals surface area contributed by atoms with Crippen molar-refractivity contribution in [3.05, 3.63) is 206 Å². The first-order chi connectivity index (χ1) is 24.0. The minimum absolute atomic E-state index is 0. The van der Waals surface area contributed by atoms with E-state index in [0.29, 0.717) is 11.4 Å². The average Bonchev–Trinajstić information content (AvgIpc) is 3.15. The molecule has 0 fully saturated rings. The number of rotatable bonds is 5. The molecule has 0 spiro atoms. The molecule has 0 aliphatic carbocycles. The summed E-state index contributed by atoms with van der Waals surface area (Å²) in [6.07, 6.45) is 3.10. The minimum Gasteiger partial charge on any atom is -0.512 e. The Labute approximate surface area is 304 Å². The van der Waals surface area contributed by atoms with E-state index in [-0.39, 0.29) is 31.2 Å². The molecule has 0 atom stereocenters. The van der Waals surface area contributed by atoms with Gasteiger partial charge in [-0.25, -0.2) is 0 Å². The van der Waals surface area contributed by atoms with E-state index in [1.165, 1.54) is 15.9 Å². The van der Waals surface area contributed by atoms with Crippen LogP contribution in [0.5, 0.6) is 0 Å². The molecule has 0 amide bonds. The van der Waals surface area contributed by atoms with Gasteiger partial charge in [0.15, 0.2) is 0 Å². The Balaban J connectivity index is 0.000000199. The van der Waals surface area contributed by atoms with Crippen molar-refractivity contribution in [2.75, 3.05) is 0 Å². The first kappa shape index (κ1) is 39.1. The molecule has 0 radical (unpaired) electrons. The first-order valence-corrected chi connectivity index (χ1v) is 16.3. The molecule has 50 heavy (non-hydrogen) atoms. The van der Waals surface area contributed by atoms with Gasteiger partial charge in [0.2, 0.25) is 0 Å². The molecule has 248 valence electrons. The van der Waals surface area contributed by atoms with Gasteiger partial charge in [-0.2, -0.15) is 0 Å². The number of aromatic nitrogens is 2. The normalized spacial score (nSPS) is 9.74. The van der Waals surface area contributed by atoms with E-state index < -0.39 is 31.2 Å². The second-order valence-corrected chi connectivity index (χ2v) is 12.5. The fourth-order valence-electron chi connectivity index (χ4n) is 4.62. The average molecular weight is 862 g/mol. The Bertz CT molecular complexity index is 1840. The van der Waals surface area contributed by atoms with Crippen LogP contribution in [0.3, 0.4) is 0 Å². The van der Waals surface area contributed by atoms with Crippen molar-refractivity contribution in [3.63, 3.8) is 0 Å². The molecule has 3 nitrogen and oxygen atoms in total. The van der Waals surface area contributed by atoms with E-state index in [1.54, 1.807) is 48.8 Å². The van der Waals surface area contributed by atoms with E-state index in [9.17, 15) is 17.6 Å². The Kier molecular flexibility index (Phi) is 16.4. The van der Waals surface area contributed by atoms with E-state index in [1.807, 2.05) is 0 Å². The predicted octanol–water partition coefficient (Wildman–Crippen LogP) is 8.92. The van der Waals surface area contributed by atoms with Crippen molar-refractivity contribution < 1.29 is 37.7 Å². The fourth-order valence-corrected chi connectivity index (χ4v) is 7.20. The zero-order chi connectivity index (χ0) is 34.8. The van der Waals surface area contributed by atoms with Gasteiger partial charge in [-0.15, -0.1) is 24.3 Å². The van der Waals surface area contributed by atoms with Gasteiger partial charge < -0.3 is 21.8 Å². The molecule has 0 saturated carbocycles. The van der Waals surface area contributed by atoms with Crippen LogP contribution in [0.25, 0.3) is 22.5 Å². The molecule has 0 bridgehead atoms. The van der Waals surface area contributed by atoms with Gasteiger partial charge in [0.1, 0.15) is 15.9 Å². The van der Waals surface area contributed by atoms with Crippen molar-refractivity contribution in [2.45, 2.75) is 0 Å². The van der Waals surface area contributed by atoms with Gasteiger partial charge in [0, 0.05) is 35.7 Å². The van der Waals surface area contributed by atoms with E-state index in [2.05, 4.69) is 113 Å². The SMILES string of the molecule is Fc1c[c-]c(-c2ccccn2)c(F)c1.Fc1c[c-]c(-c2ccccn2)c(F)c1.[C-]#N.[Ir+3].c1ccc([PH+](c2ccccc2)c2ccccc2)cc1. The molecule has 2 aromatic heterocycles. The molecule has 7 rings (SSSR count). The van der Waals surface area contributed by atoms with Crippen molar-refractivity contribution >= 4 is 23.8 Å². The topological polar surface area (TPSA) is 49.6 Å². The number of nitrogens with zero attached hydrogens (tertiary/aromatic N) is 3. The van der Waals surface area contributed by atoms with Crippen LogP contribution >= 0.6 is 7.92 Å². The number of pyridine rings is 2. The van der Waals surface area contributed by atoms with Crippen molar-refractivity contribution in [3.8, 4) is 22.5 Å². The first-order valence-electron chi connectivity index (χ1n) is 14.8. The van der Waals surface area contributed by atoms with Crippen LogP contribution in [0.4, 0.5) is 17.6 Å². The van der Waals surface area contributed by atoms with Crippen LogP contribution in [0.2, 0.25) is 0 Å². The van der Waals surface area contributed by atoms with Crippen LogP contribution in [-0.2, 0) is 20.1 Å². The van der Waals surface area contributed by atoms with Crippen molar-refractivity contribution in [2.24, 2.45) is 0 Å². The van der Waals surface area contributed by atoms with Gasteiger partial charge >= 0.3 is 20.1 Å². The maximum absolute atomic E-state index is 13.2. The Hall–Kier alpha value is -5.31. The second kappa shape index (κ2) is 20.9. The van der Waals surface area contributed by atoms with Gasteiger partial charge in [0.05, 0.1) is 7.92 Å². The number of hydrogen-bond acceptors (Lipinski definition) is 3. The molecular weight excluding hydrogens is 834 g/mol. The molecule has 7 aromatic rings. The Morgan fingerprint density at radius 3 is 1.08 bits per heavy atom. The maximum atomic E-state index is 13.2. The second-order valence-electron chi connectivity index (χ2n) is 9.98. The summed E-state index contributed by atoms with van der Waals surface area (Å²) < 4.78 is 51.6. The quantitative estimate of drug-likeness (QED) is 0.0988. The monoisotopic (exact) mass is 862 g/mol. The number of hydrogen-bond donors (Lipinski definition) is 0. The van der Waals surface area contributed by atoms with E-state index >= 15 is 0 Å². The molecule has 0 saturated heterocycles. The predicted molar refractivity (Wildman–Crippen MR) is 188 cm³/mol. The summed E-state index contributed by atoms with van der Waals surface area (Å²) in [4.78, 5) is 7.89. The molecule has 0 N–H and O–H groups in total. The third-order valence-corrected chi connectivity index (χ3v) is 9.48. The third kappa shape index (κ3) is 11.4. The molecule has 0 aliphatic heterocycles. The number of halogens is 4. The van der Waals surface area contributed by atoms with Crippen molar-refractivity contribution in [1.29, 1.82) is 5.26 Å². The van der Waals surface area contributed by atoms with E-state index in [0.717, 1.165) is 24.3 Å². The van der Waals surface area contributed by atoms with Gasteiger partial charge in [-0.05, 0) is 59.9 Å². The van der Waals surface area contributed by atoms with Crippen LogP contribution < -0.4 is 15.9 Å². The third-order valence-electron chi connectivity index (χ3n) is 6.75. The summed E-state index contributed by atoms with van der Waals surface area (Å²) in [6, 6.07) is 51.6. The minimum atomic E-state index is -0.877. The Morgan fingerprint density at radius 1 is 0.480 bits per heavy atom. The summed E-state index contributed by atoms with van der Waals surface area (Å²) >= 11 is 0. The maximum Gasteiger partial charge on any atom is 3.00 e. The summed E-state index contributed by atoms with van der Waals surface area (Å²) in [6.45, 7) is 4.75. The van der Waals surface area contributed by atoms with Crippen LogP contribution in [0.15, 0.2) is 164 Å². The van der Waals surface area contributed by atoms with Gasteiger partial charge in [-0.1, -0.05) is 102 Å². The van der Waals surface area contributed by atoms with E-state index in [4.69, 9.17) is 11.8 Å². The fraction of sp³-hybridized carbons (Fsp3) is 0. The molecule has 9 heteroatoms. The summed E-state index contributed by atoms with van der Waals surface area (Å²) in [7, 11) is -0.877. The van der Waals surface area contributed by atoms with Crippen LogP contribution in [-0.4, -0.2) is 9.97 Å². The van der Waals surface area contributed by atoms with Crippen molar-refractivity contribution in [1.82, 2.24) is 9.97 Å². The van der Waals surface area contributed by atoms with Crippen LogP contribution in [0, 0.1) is 47.2 Å². The molecule has 0 unspecified atom stereocenters. The summed E-state index contributed by atoms with van der Waals surface area (Å²) in [5.41, 5.74) is 1.27. The molecule has 5 aromatic carbocycles. The molecule has 0 aliphatic rings. The zero-order valence-corrected chi connectivity index (χ0v) is 29.7. The number of benzene rings is 5. The molecule has 2 heterocycles. The smallest absolute Gasteiger partial charge is 0.512 e. The summed E-state index contributed by atoms with van der Waals surface area (Å²) in [5, 5.41) is 10.6.